The molecule has 0 aliphatic heterocycles. The standard InChI is InChI=1S/C6H6BF2NO2/c8-6(9)5-3-4(7(11)12)1-2-10-5/h1-3,6,11-12H. The lowest BCUT2D eigenvalue weighted by Gasteiger charge is -2.01. The summed E-state index contributed by atoms with van der Waals surface area (Å²) in [6.07, 6.45) is -1.58. The molecule has 0 aromatic carbocycles. The first-order chi connectivity index (χ1) is 5.61. The number of alkyl halides is 2. The minimum absolute atomic E-state index is 0.0142. The molecule has 1 aromatic heterocycles. The van der Waals surface area contributed by atoms with Crippen molar-refractivity contribution in [1.29, 1.82) is 0 Å². The summed E-state index contributed by atoms with van der Waals surface area (Å²) in [5, 5.41) is 17.2. The van der Waals surface area contributed by atoms with Gasteiger partial charge >= 0.3 is 7.12 Å². The van der Waals surface area contributed by atoms with E-state index in [1.807, 2.05) is 0 Å². The van der Waals surface area contributed by atoms with Crippen LogP contribution in [0.25, 0.3) is 0 Å². The summed E-state index contributed by atoms with van der Waals surface area (Å²) in [6.45, 7) is 0. The van der Waals surface area contributed by atoms with Crippen LogP contribution in [0.2, 0.25) is 0 Å². The van der Waals surface area contributed by atoms with E-state index in [1.54, 1.807) is 0 Å². The van der Waals surface area contributed by atoms with E-state index in [0.717, 1.165) is 12.3 Å². The second-order valence-corrected chi connectivity index (χ2v) is 2.19. The number of rotatable bonds is 2. The summed E-state index contributed by atoms with van der Waals surface area (Å²) in [5.74, 6) is 0. The summed E-state index contributed by atoms with van der Waals surface area (Å²) in [4.78, 5) is 3.35. The summed E-state index contributed by atoms with van der Waals surface area (Å²) in [7, 11) is -1.73. The van der Waals surface area contributed by atoms with Gasteiger partial charge in [-0.05, 0) is 17.6 Å². The Kier molecular flexibility index (Phi) is 2.72. The average Bonchev–Trinajstić information content (AvgIpc) is 2.04. The van der Waals surface area contributed by atoms with Gasteiger partial charge in [0.2, 0.25) is 0 Å². The Bertz CT molecular complexity index is 246. The third-order valence-corrected chi connectivity index (χ3v) is 1.33. The van der Waals surface area contributed by atoms with E-state index in [1.165, 1.54) is 6.07 Å². The number of aromatic nitrogens is 1. The summed E-state index contributed by atoms with van der Waals surface area (Å²) in [6, 6.07) is 2.21. The van der Waals surface area contributed by atoms with Gasteiger partial charge in [-0.15, -0.1) is 0 Å². The van der Waals surface area contributed by atoms with Crippen LogP contribution in [0.4, 0.5) is 8.78 Å². The highest BCUT2D eigenvalue weighted by molar-refractivity contribution is 6.58. The molecule has 0 amide bonds. The Hall–Kier alpha value is -1.01. The minimum atomic E-state index is -2.69. The van der Waals surface area contributed by atoms with Gasteiger partial charge in [-0.3, -0.25) is 4.98 Å². The van der Waals surface area contributed by atoms with Crippen LogP contribution in [-0.2, 0) is 0 Å². The van der Waals surface area contributed by atoms with Gasteiger partial charge in [-0.2, -0.15) is 0 Å². The highest BCUT2D eigenvalue weighted by atomic mass is 19.3. The molecular weight excluding hydrogens is 167 g/mol. The van der Waals surface area contributed by atoms with Crippen LogP contribution in [0.3, 0.4) is 0 Å². The molecule has 0 aliphatic carbocycles. The van der Waals surface area contributed by atoms with Gasteiger partial charge in [0.1, 0.15) is 5.69 Å². The van der Waals surface area contributed by atoms with E-state index in [-0.39, 0.29) is 5.46 Å². The van der Waals surface area contributed by atoms with E-state index >= 15 is 0 Å². The van der Waals surface area contributed by atoms with Crippen molar-refractivity contribution in [1.82, 2.24) is 4.98 Å². The minimum Gasteiger partial charge on any atom is -0.423 e. The van der Waals surface area contributed by atoms with Crippen LogP contribution in [0.5, 0.6) is 0 Å². The van der Waals surface area contributed by atoms with Crippen LogP contribution in [0, 0.1) is 0 Å². The number of pyridine rings is 1. The monoisotopic (exact) mass is 173 g/mol. The van der Waals surface area contributed by atoms with Gasteiger partial charge in [0.25, 0.3) is 6.43 Å². The third-order valence-electron chi connectivity index (χ3n) is 1.33. The smallest absolute Gasteiger partial charge is 0.423 e. The van der Waals surface area contributed by atoms with E-state index in [0.29, 0.717) is 0 Å². The predicted octanol–water partition coefficient (Wildman–Crippen LogP) is -0.301. The second-order valence-electron chi connectivity index (χ2n) is 2.19. The van der Waals surface area contributed by atoms with Crippen LogP contribution < -0.4 is 5.46 Å². The number of halogens is 2. The maximum atomic E-state index is 12.0. The van der Waals surface area contributed by atoms with Crippen molar-refractivity contribution in [3.8, 4) is 0 Å². The Labute approximate surface area is 67.8 Å². The lowest BCUT2D eigenvalue weighted by molar-refractivity contribution is 0.146. The quantitative estimate of drug-likeness (QED) is 0.603. The summed E-state index contributed by atoms with van der Waals surface area (Å²) < 4.78 is 24.0. The summed E-state index contributed by atoms with van der Waals surface area (Å²) in [5.41, 5.74) is -0.444. The van der Waals surface area contributed by atoms with Crippen LogP contribution in [0.1, 0.15) is 12.1 Å². The highest BCUT2D eigenvalue weighted by Gasteiger charge is 2.15. The van der Waals surface area contributed by atoms with Crippen LogP contribution in [0.15, 0.2) is 18.3 Å². The summed E-state index contributed by atoms with van der Waals surface area (Å²) >= 11 is 0. The van der Waals surface area contributed by atoms with E-state index < -0.39 is 19.2 Å². The van der Waals surface area contributed by atoms with Crippen molar-refractivity contribution in [2.24, 2.45) is 0 Å². The lowest BCUT2D eigenvalue weighted by Crippen LogP contribution is -2.30. The Morgan fingerprint density at radius 2 is 2.08 bits per heavy atom. The molecule has 0 atom stereocenters. The maximum Gasteiger partial charge on any atom is 0.488 e. The molecule has 0 fully saturated rings. The first-order valence-electron chi connectivity index (χ1n) is 3.21. The predicted molar refractivity (Wildman–Crippen MR) is 39.0 cm³/mol. The molecule has 1 aromatic rings. The fourth-order valence-electron chi connectivity index (χ4n) is 0.745. The topological polar surface area (TPSA) is 53.4 Å². The molecule has 1 heterocycles. The fourth-order valence-corrected chi connectivity index (χ4v) is 0.745. The Balaban J connectivity index is 2.96. The van der Waals surface area contributed by atoms with Crippen molar-refractivity contribution in [3.05, 3.63) is 24.0 Å². The van der Waals surface area contributed by atoms with Crippen molar-refractivity contribution >= 4 is 12.6 Å². The zero-order valence-corrected chi connectivity index (χ0v) is 5.98. The zero-order valence-electron chi connectivity index (χ0n) is 5.98. The van der Waals surface area contributed by atoms with Gasteiger partial charge < -0.3 is 10.0 Å². The molecule has 64 valence electrons. The Morgan fingerprint density at radius 3 is 2.58 bits per heavy atom. The fraction of sp³-hybridized carbons (Fsp3) is 0.167. The molecule has 0 aliphatic rings. The van der Waals surface area contributed by atoms with E-state index in [9.17, 15) is 8.78 Å². The molecule has 0 saturated heterocycles. The second kappa shape index (κ2) is 3.60. The SMILES string of the molecule is OB(O)c1ccnc(C(F)F)c1. The van der Waals surface area contributed by atoms with Crippen LogP contribution >= 0.6 is 0 Å². The first kappa shape index (κ1) is 9.09. The van der Waals surface area contributed by atoms with Crippen LogP contribution in [-0.4, -0.2) is 22.2 Å². The van der Waals surface area contributed by atoms with Crippen molar-refractivity contribution in [3.63, 3.8) is 0 Å². The molecule has 0 saturated carbocycles. The third kappa shape index (κ3) is 1.99. The molecule has 2 N–H and O–H groups in total. The van der Waals surface area contributed by atoms with Crippen molar-refractivity contribution < 1.29 is 18.8 Å². The molecule has 0 unspecified atom stereocenters. The van der Waals surface area contributed by atoms with Gasteiger partial charge in [0.05, 0.1) is 0 Å². The normalized spacial score (nSPS) is 10.4. The molecular formula is C6H6BF2NO2. The van der Waals surface area contributed by atoms with Crippen molar-refractivity contribution in [2.45, 2.75) is 6.43 Å². The van der Waals surface area contributed by atoms with Crippen molar-refractivity contribution in [2.75, 3.05) is 0 Å². The average molecular weight is 173 g/mol. The number of nitrogens with zero attached hydrogens (tertiary/aromatic N) is 1. The van der Waals surface area contributed by atoms with E-state index in [2.05, 4.69) is 4.98 Å². The zero-order chi connectivity index (χ0) is 9.14. The van der Waals surface area contributed by atoms with Gasteiger partial charge in [0.15, 0.2) is 0 Å². The molecule has 12 heavy (non-hydrogen) atoms. The lowest BCUT2D eigenvalue weighted by atomic mass is 9.81. The van der Waals surface area contributed by atoms with E-state index in [4.69, 9.17) is 10.0 Å². The Morgan fingerprint density at radius 1 is 1.42 bits per heavy atom. The molecule has 0 spiro atoms. The molecule has 3 nitrogen and oxygen atoms in total. The number of hydrogen-bond donors (Lipinski definition) is 2. The highest BCUT2D eigenvalue weighted by Crippen LogP contribution is 2.13. The largest absolute Gasteiger partial charge is 0.488 e. The molecule has 0 radical (unpaired) electrons. The number of hydrogen-bond acceptors (Lipinski definition) is 3. The molecule has 0 bridgehead atoms. The van der Waals surface area contributed by atoms with Gasteiger partial charge in [-0.1, -0.05) is 0 Å². The van der Waals surface area contributed by atoms with Gasteiger partial charge in [0, 0.05) is 6.20 Å². The molecule has 6 heteroatoms. The first-order valence-corrected chi connectivity index (χ1v) is 3.21. The van der Waals surface area contributed by atoms with Gasteiger partial charge in [-0.25, -0.2) is 8.78 Å². The maximum absolute atomic E-state index is 12.0. The molecule has 1 rings (SSSR count).